The number of benzene rings is 1. The number of fused-ring (bicyclic) bond motifs is 1. The molecule has 1 heterocycles. The summed E-state index contributed by atoms with van der Waals surface area (Å²) in [6.45, 7) is 1.77. The molecule has 14 heavy (non-hydrogen) atoms. The molecule has 0 spiro atoms. The normalized spacial score (nSPS) is 10.6. The minimum atomic E-state index is -0.973. The Bertz CT molecular complexity index is 513. The van der Waals surface area contributed by atoms with Gasteiger partial charge in [-0.25, -0.2) is 4.79 Å². The van der Waals surface area contributed by atoms with E-state index in [9.17, 15) is 9.90 Å². The molecule has 2 rings (SSSR count). The van der Waals surface area contributed by atoms with Crippen molar-refractivity contribution >= 4 is 16.9 Å². The number of carboxylic acid groups (broad SMARTS) is 1. The van der Waals surface area contributed by atoms with Crippen molar-refractivity contribution in [3.63, 3.8) is 0 Å². The molecule has 0 aliphatic rings. The highest BCUT2D eigenvalue weighted by molar-refractivity contribution is 5.95. The minimum Gasteiger partial charge on any atom is -0.494 e. The Hall–Kier alpha value is -1.97. The molecule has 1 aromatic heterocycles. The van der Waals surface area contributed by atoms with Crippen molar-refractivity contribution in [2.45, 2.75) is 6.92 Å². The lowest BCUT2D eigenvalue weighted by Crippen LogP contribution is -1.94. The number of aromatic nitrogens is 1. The number of carbonyl (C=O) groups is 1. The number of aromatic amines is 1. The van der Waals surface area contributed by atoms with E-state index < -0.39 is 5.97 Å². The van der Waals surface area contributed by atoms with Crippen LogP contribution >= 0.6 is 0 Å². The second-order valence-corrected chi connectivity index (χ2v) is 3.16. The average molecular weight is 191 g/mol. The molecule has 0 bridgehead atoms. The van der Waals surface area contributed by atoms with Crippen LogP contribution < -0.4 is 0 Å². The van der Waals surface area contributed by atoms with Gasteiger partial charge in [-0.1, -0.05) is 6.07 Å². The van der Waals surface area contributed by atoms with Crippen LogP contribution in [0, 0.1) is 6.92 Å². The van der Waals surface area contributed by atoms with Crippen LogP contribution in [0.2, 0.25) is 0 Å². The standard InChI is InChI=1S/C10H9NO3/c1-5-7-3-2-6(10(13)14)4-8(7)11-9(5)12/h2-4,11-12H,1H3,(H,13,14). The Balaban J connectivity index is 2.73. The number of hydrogen-bond donors (Lipinski definition) is 3. The van der Waals surface area contributed by atoms with Crippen molar-refractivity contribution in [3.05, 3.63) is 29.3 Å². The summed E-state index contributed by atoms with van der Waals surface area (Å²) < 4.78 is 0. The van der Waals surface area contributed by atoms with E-state index in [4.69, 9.17) is 5.11 Å². The molecule has 4 nitrogen and oxygen atoms in total. The maximum Gasteiger partial charge on any atom is 0.335 e. The summed E-state index contributed by atoms with van der Waals surface area (Å²) in [4.78, 5) is 13.4. The SMILES string of the molecule is Cc1c(O)[nH]c2cc(C(=O)O)ccc12. The Kier molecular flexibility index (Phi) is 1.70. The molecule has 0 unspecified atom stereocenters. The molecule has 0 aliphatic heterocycles. The predicted octanol–water partition coefficient (Wildman–Crippen LogP) is 1.88. The van der Waals surface area contributed by atoms with Crippen LogP contribution in [0.15, 0.2) is 18.2 Å². The highest BCUT2D eigenvalue weighted by atomic mass is 16.4. The van der Waals surface area contributed by atoms with Crippen LogP contribution in [0.4, 0.5) is 0 Å². The fraction of sp³-hybridized carbons (Fsp3) is 0.100. The Morgan fingerprint density at radius 3 is 2.79 bits per heavy atom. The molecule has 0 fully saturated rings. The smallest absolute Gasteiger partial charge is 0.335 e. The van der Waals surface area contributed by atoms with Gasteiger partial charge < -0.3 is 15.2 Å². The third-order valence-electron chi connectivity index (χ3n) is 2.28. The summed E-state index contributed by atoms with van der Waals surface area (Å²) in [5, 5.41) is 19.0. The van der Waals surface area contributed by atoms with Gasteiger partial charge >= 0.3 is 5.97 Å². The second kappa shape index (κ2) is 2.77. The molecule has 2 aromatic rings. The van der Waals surface area contributed by atoms with Crippen LogP contribution in [0.5, 0.6) is 5.88 Å². The molecule has 0 atom stereocenters. The first-order valence-corrected chi connectivity index (χ1v) is 4.14. The van der Waals surface area contributed by atoms with Gasteiger partial charge in [0, 0.05) is 16.5 Å². The van der Waals surface area contributed by atoms with Crippen LogP contribution in [-0.4, -0.2) is 21.2 Å². The fourth-order valence-electron chi connectivity index (χ4n) is 1.46. The molecular weight excluding hydrogens is 182 g/mol. The van der Waals surface area contributed by atoms with Crippen LogP contribution in [-0.2, 0) is 0 Å². The van der Waals surface area contributed by atoms with Gasteiger partial charge in [-0.3, -0.25) is 0 Å². The molecular formula is C10H9NO3. The number of aromatic carboxylic acids is 1. The van der Waals surface area contributed by atoms with Crippen molar-refractivity contribution in [1.29, 1.82) is 0 Å². The third kappa shape index (κ3) is 1.12. The maximum absolute atomic E-state index is 10.7. The molecule has 0 radical (unpaired) electrons. The van der Waals surface area contributed by atoms with Crippen molar-refractivity contribution in [1.82, 2.24) is 4.98 Å². The predicted molar refractivity (Wildman–Crippen MR) is 51.7 cm³/mol. The summed E-state index contributed by atoms with van der Waals surface area (Å²) in [7, 11) is 0. The minimum absolute atomic E-state index is 0.0857. The lowest BCUT2D eigenvalue weighted by atomic mass is 10.1. The number of nitrogens with one attached hydrogen (secondary N) is 1. The van der Waals surface area contributed by atoms with Gasteiger partial charge in [0.25, 0.3) is 0 Å². The zero-order valence-corrected chi connectivity index (χ0v) is 7.53. The lowest BCUT2D eigenvalue weighted by molar-refractivity contribution is 0.0697. The van der Waals surface area contributed by atoms with Gasteiger partial charge in [0.2, 0.25) is 0 Å². The van der Waals surface area contributed by atoms with Gasteiger partial charge in [-0.15, -0.1) is 0 Å². The van der Waals surface area contributed by atoms with Crippen molar-refractivity contribution in [2.24, 2.45) is 0 Å². The Morgan fingerprint density at radius 1 is 1.43 bits per heavy atom. The number of aromatic hydroxyl groups is 1. The van der Waals surface area contributed by atoms with Crippen molar-refractivity contribution in [3.8, 4) is 5.88 Å². The lowest BCUT2D eigenvalue weighted by Gasteiger charge is -1.94. The highest BCUT2D eigenvalue weighted by Gasteiger charge is 2.09. The van der Waals surface area contributed by atoms with Gasteiger partial charge in [-0.2, -0.15) is 0 Å². The van der Waals surface area contributed by atoms with E-state index in [1.807, 2.05) is 0 Å². The molecule has 0 saturated carbocycles. The largest absolute Gasteiger partial charge is 0.494 e. The van der Waals surface area contributed by atoms with E-state index in [0.29, 0.717) is 5.52 Å². The molecule has 4 heteroatoms. The number of aryl methyl sites for hydroxylation is 1. The molecule has 0 aliphatic carbocycles. The summed E-state index contributed by atoms with van der Waals surface area (Å²) in [5.41, 5.74) is 1.58. The highest BCUT2D eigenvalue weighted by Crippen LogP contribution is 2.26. The fourth-order valence-corrected chi connectivity index (χ4v) is 1.46. The van der Waals surface area contributed by atoms with Gasteiger partial charge in [0.1, 0.15) is 0 Å². The number of H-pyrrole nitrogens is 1. The Labute approximate surface area is 79.8 Å². The van der Waals surface area contributed by atoms with E-state index >= 15 is 0 Å². The zero-order valence-electron chi connectivity index (χ0n) is 7.53. The molecule has 0 amide bonds. The van der Waals surface area contributed by atoms with Crippen molar-refractivity contribution in [2.75, 3.05) is 0 Å². The van der Waals surface area contributed by atoms with Crippen LogP contribution in [0.25, 0.3) is 10.9 Å². The number of carboxylic acids is 1. The summed E-state index contributed by atoms with van der Waals surface area (Å²) in [6, 6.07) is 4.71. The molecule has 3 N–H and O–H groups in total. The molecule has 1 aromatic carbocycles. The number of hydrogen-bond acceptors (Lipinski definition) is 2. The monoisotopic (exact) mass is 191 g/mol. The summed E-state index contributed by atoms with van der Waals surface area (Å²) >= 11 is 0. The van der Waals surface area contributed by atoms with Gasteiger partial charge in [-0.05, 0) is 19.1 Å². The number of rotatable bonds is 1. The van der Waals surface area contributed by atoms with E-state index in [1.54, 1.807) is 13.0 Å². The quantitative estimate of drug-likeness (QED) is 0.644. The van der Waals surface area contributed by atoms with Crippen molar-refractivity contribution < 1.29 is 15.0 Å². The van der Waals surface area contributed by atoms with E-state index in [0.717, 1.165) is 10.9 Å². The Morgan fingerprint density at radius 2 is 2.14 bits per heavy atom. The average Bonchev–Trinajstić information content (AvgIpc) is 2.42. The first-order valence-electron chi connectivity index (χ1n) is 4.14. The first kappa shape index (κ1) is 8.62. The maximum atomic E-state index is 10.7. The summed E-state index contributed by atoms with van der Waals surface area (Å²) in [6.07, 6.45) is 0. The molecule has 72 valence electrons. The molecule has 0 saturated heterocycles. The van der Waals surface area contributed by atoms with Gasteiger partial charge in [0.05, 0.1) is 5.56 Å². The van der Waals surface area contributed by atoms with E-state index in [-0.39, 0.29) is 11.4 Å². The topological polar surface area (TPSA) is 73.3 Å². The van der Waals surface area contributed by atoms with Crippen LogP contribution in [0.1, 0.15) is 15.9 Å². The van der Waals surface area contributed by atoms with Gasteiger partial charge in [0.15, 0.2) is 5.88 Å². The van der Waals surface area contributed by atoms with E-state index in [1.165, 1.54) is 12.1 Å². The van der Waals surface area contributed by atoms with E-state index in [2.05, 4.69) is 4.98 Å². The first-order chi connectivity index (χ1) is 6.59. The zero-order chi connectivity index (χ0) is 10.3. The third-order valence-corrected chi connectivity index (χ3v) is 2.28. The van der Waals surface area contributed by atoms with Crippen LogP contribution in [0.3, 0.4) is 0 Å². The summed E-state index contributed by atoms with van der Waals surface area (Å²) in [5.74, 6) is -0.888. The second-order valence-electron chi connectivity index (χ2n) is 3.16.